The van der Waals surface area contributed by atoms with Gasteiger partial charge in [-0.3, -0.25) is 4.57 Å². The molecule has 3 radical (unpaired) electrons. The first-order chi connectivity index (χ1) is 7.54. The van der Waals surface area contributed by atoms with Crippen molar-refractivity contribution < 1.29 is 15.8 Å². The van der Waals surface area contributed by atoms with E-state index in [1.54, 1.807) is 0 Å². The Bertz CT molecular complexity index is 161. The van der Waals surface area contributed by atoms with Crippen molar-refractivity contribution in [2.45, 2.75) is 48.4 Å². The van der Waals surface area contributed by atoms with Crippen LogP contribution < -0.4 is 0 Å². The van der Waals surface area contributed by atoms with Crippen LogP contribution in [0.4, 0.5) is 0 Å². The number of rotatable bonds is 8. The van der Waals surface area contributed by atoms with E-state index in [9.17, 15) is 0 Å². The van der Waals surface area contributed by atoms with Gasteiger partial charge < -0.3 is 9.79 Å². The monoisotopic (exact) mass is 487 g/mol. The van der Waals surface area contributed by atoms with Crippen LogP contribution in [-0.2, 0) is 5.98 Å². The van der Waals surface area contributed by atoms with Crippen molar-refractivity contribution in [1.82, 2.24) is 0 Å². The van der Waals surface area contributed by atoms with Crippen LogP contribution in [0, 0.1) is 0 Å². The summed E-state index contributed by atoms with van der Waals surface area (Å²) < 4.78 is 17.1. The summed E-state index contributed by atoms with van der Waals surface area (Å²) in [6, 6.07) is 0. The Kier molecular flexibility index (Phi) is 21.6. The van der Waals surface area contributed by atoms with E-state index in [0.717, 1.165) is 0 Å². The molecule has 16 heavy (non-hydrogen) atoms. The van der Waals surface area contributed by atoms with E-state index in [1.165, 1.54) is 34.6 Å². The van der Waals surface area contributed by atoms with Gasteiger partial charge in [0.05, 0.1) is 0 Å². The standard InChI is InChI=1S/2C4H9.ClH.H3O3P.O.2Sn/c2*1-3-4-2;;1-4(2)3;;;/h2*1,3-4H2,2H3;1H;4H,(H2,1,2,3);;;/q;;;;;;+1/p-1. The van der Waals surface area contributed by atoms with Gasteiger partial charge in [0.15, 0.2) is 0 Å². The van der Waals surface area contributed by atoms with E-state index in [1.807, 2.05) is 0 Å². The van der Waals surface area contributed by atoms with Crippen LogP contribution in [0.1, 0.15) is 39.5 Å². The molecule has 0 aliphatic carbocycles. The third-order valence-electron chi connectivity index (χ3n) is 1.54. The Morgan fingerprint density at radius 1 is 1.31 bits per heavy atom. The second-order valence-corrected chi connectivity index (χ2v) is 16.7. The number of unbranched alkanes of at least 4 members (excludes halogenated alkanes) is 2. The zero-order valence-electron chi connectivity index (χ0n) is 9.83. The molecule has 0 aromatic heterocycles. The van der Waals surface area contributed by atoms with E-state index in [-0.39, 0.29) is 0 Å². The van der Waals surface area contributed by atoms with Crippen molar-refractivity contribution in [3.63, 3.8) is 0 Å². The minimum Gasteiger partial charge on any atom is -0.326 e. The molecule has 0 spiro atoms. The molecule has 2 N–H and O–H groups in total. The molecule has 0 unspecified atom stereocenters. The molecule has 97 valence electrons. The zero-order chi connectivity index (χ0) is 12.8. The third kappa shape index (κ3) is 25.0. The minimum atomic E-state index is -3.13. The average molecular weight is 485 g/mol. The number of halogens is 1. The predicted octanol–water partition coefficient (Wildman–Crippen LogP) is 2.73. The maximum atomic E-state index is 8.74. The summed E-state index contributed by atoms with van der Waals surface area (Å²) in [6.45, 7) is 4.45. The largest absolute Gasteiger partial charge is 0.326 e. The molecular weight excluding hydrogens is 464 g/mol. The van der Waals surface area contributed by atoms with Crippen LogP contribution in [0.2, 0.25) is 8.87 Å². The van der Waals surface area contributed by atoms with Crippen molar-refractivity contribution in [1.29, 1.82) is 0 Å². The molecule has 8 heteroatoms. The van der Waals surface area contributed by atoms with Gasteiger partial charge in [0, 0.05) is 0 Å². The topological polar surface area (TPSA) is 66.8 Å². The minimum absolute atomic E-state index is 0.473. The van der Waals surface area contributed by atoms with Gasteiger partial charge in [-0.05, 0) is 0 Å². The quantitative estimate of drug-likeness (QED) is 0.316. The van der Waals surface area contributed by atoms with E-state index in [0.29, 0.717) is 0 Å². The Morgan fingerprint density at radius 3 is 2.25 bits per heavy atom. The Morgan fingerprint density at radius 2 is 1.81 bits per heavy atom. The molecule has 0 aliphatic rings. The van der Waals surface area contributed by atoms with Gasteiger partial charge in [0.25, 0.3) is 0 Å². The van der Waals surface area contributed by atoms with Crippen molar-refractivity contribution in [2.24, 2.45) is 0 Å². The zero-order valence-corrected chi connectivity index (χ0v) is 17.3. The van der Waals surface area contributed by atoms with Gasteiger partial charge in [-0.2, -0.15) is 0 Å². The van der Waals surface area contributed by atoms with Crippen LogP contribution in [-0.4, -0.2) is 50.4 Å². The first-order valence-corrected chi connectivity index (χ1v) is 16.7. The van der Waals surface area contributed by atoms with Crippen molar-refractivity contribution in [3.05, 3.63) is 0 Å². The predicted molar refractivity (Wildman–Crippen MR) is 71.3 cm³/mol. The molecule has 0 amide bonds. The number of hydrogen-bond donors (Lipinski definition) is 2. The van der Waals surface area contributed by atoms with Gasteiger partial charge in [0.2, 0.25) is 0 Å². The summed E-state index contributed by atoms with van der Waals surface area (Å²) in [5.74, 6) is 0. The second-order valence-electron chi connectivity index (χ2n) is 3.09. The molecule has 0 atom stereocenters. The van der Waals surface area contributed by atoms with Crippen LogP contribution in [0.3, 0.4) is 0 Å². The molecule has 0 aromatic carbocycles. The molecular formula is C8H21ClO4PSn2. The smallest absolute Gasteiger partial charge is 0.314 e. The first kappa shape index (κ1) is 20.3. The van der Waals surface area contributed by atoms with Crippen molar-refractivity contribution in [3.8, 4) is 0 Å². The third-order valence-corrected chi connectivity index (χ3v) is 18.1. The summed E-state index contributed by atoms with van der Waals surface area (Å²) in [4.78, 5) is 14.3. The summed E-state index contributed by atoms with van der Waals surface area (Å²) in [7, 11) is 3.03. The summed E-state index contributed by atoms with van der Waals surface area (Å²) in [5, 5.41) is 0. The van der Waals surface area contributed by atoms with E-state index in [2.05, 4.69) is 13.8 Å². The average Bonchev–Trinajstić information content (AvgIpc) is 2.20. The Hall–Kier alpha value is 2.00. The van der Waals surface area contributed by atoms with Crippen LogP contribution in [0.15, 0.2) is 0 Å². The Labute approximate surface area is 121 Å². The van der Waals surface area contributed by atoms with Crippen LogP contribution in [0.5, 0.6) is 0 Å². The first-order valence-electron chi connectivity index (χ1n) is 5.37. The SMILES string of the molecule is CCC[CH2][Sn][O][Sn]([Cl])[CH2]CCC.O=[PH](O)O. The fourth-order valence-corrected chi connectivity index (χ4v) is 15.3. The van der Waals surface area contributed by atoms with Crippen LogP contribution in [0.25, 0.3) is 0 Å². The molecule has 0 aromatic rings. The maximum absolute atomic E-state index is 8.74. The molecule has 4 nitrogen and oxygen atoms in total. The van der Waals surface area contributed by atoms with Crippen molar-refractivity contribution in [2.75, 3.05) is 0 Å². The van der Waals surface area contributed by atoms with E-state index < -0.39 is 48.9 Å². The summed E-state index contributed by atoms with van der Waals surface area (Å²) in [6.07, 6.45) is 5.21. The molecule has 0 rings (SSSR count). The summed E-state index contributed by atoms with van der Waals surface area (Å²) >= 11 is -2.20. The number of hydrogen-bond acceptors (Lipinski definition) is 2. The Balaban J connectivity index is 0. The van der Waals surface area contributed by atoms with Gasteiger partial charge >= 0.3 is 108 Å². The van der Waals surface area contributed by atoms with Crippen molar-refractivity contribution >= 4 is 57.8 Å². The normalized spacial score (nSPS) is 10.4. The molecule has 0 saturated carbocycles. The fourth-order valence-electron chi connectivity index (χ4n) is 0.745. The summed E-state index contributed by atoms with van der Waals surface area (Å²) in [5.41, 5.74) is 0. The van der Waals surface area contributed by atoms with E-state index in [4.69, 9.17) is 24.7 Å². The molecule has 0 aliphatic heterocycles. The van der Waals surface area contributed by atoms with Gasteiger partial charge in [-0.15, -0.1) is 0 Å². The fraction of sp³-hybridized carbons (Fsp3) is 1.00. The van der Waals surface area contributed by atoms with Gasteiger partial charge in [0.1, 0.15) is 0 Å². The van der Waals surface area contributed by atoms with Gasteiger partial charge in [-0.25, -0.2) is 0 Å². The molecule has 0 fully saturated rings. The molecule has 0 heterocycles. The molecule has 0 saturated heterocycles. The molecule has 0 bridgehead atoms. The second kappa shape index (κ2) is 17.0. The van der Waals surface area contributed by atoms with E-state index >= 15 is 0 Å². The van der Waals surface area contributed by atoms with Gasteiger partial charge in [-0.1, -0.05) is 0 Å². The maximum Gasteiger partial charge on any atom is 0.314 e. The van der Waals surface area contributed by atoms with Crippen LogP contribution >= 0.6 is 17.2 Å².